The maximum Gasteiger partial charge on any atom is 0.228 e. The van der Waals surface area contributed by atoms with Crippen molar-refractivity contribution in [2.75, 3.05) is 55.9 Å². The number of hydrogen-bond acceptors (Lipinski definition) is 8. The minimum Gasteiger partial charge on any atom is -0.493 e. The largest absolute Gasteiger partial charge is 0.493 e. The SMILES string of the molecule is COc1cc2nc(N3CCN(c4ccc5ccccc5n4)CC3)nc(N)c2cc1OC. The Morgan fingerprint density at radius 3 is 2.26 bits per heavy atom. The van der Waals surface area contributed by atoms with Crippen LogP contribution in [0.1, 0.15) is 0 Å². The summed E-state index contributed by atoms with van der Waals surface area (Å²) in [7, 11) is 3.20. The highest BCUT2D eigenvalue weighted by atomic mass is 16.5. The molecule has 2 aromatic carbocycles. The Bertz CT molecular complexity index is 1250. The lowest BCUT2D eigenvalue weighted by Gasteiger charge is -2.35. The van der Waals surface area contributed by atoms with E-state index in [1.165, 1.54) is 0 Å². The summed E-state index contributed by atoms with van der Waals surface area (Å²) < 4.78 is 10.8. The minimum absolute atomic E-state index is 0.430. The third-order valence-corrected chi connectivity index (χ3v) is 5.69. The van der Waals surface area contributed by atoms with E-state index < -0.39 is 0 Å². The summed E-state index contributed by atoms with van der Waals surface area (Å²) in [6.07, 6.45) is 0. The van der Waals surface area contributed by atoms with Crippen molar-refractivity contribution < 1.29 is 9.47 Å². The first-order valence-electron chi connectivity index (χ1n) is 10.2. The Morgan fingerprint density at radius 2 is 1.48 bits per heavy atom. The van der Waals surface area contributed by atoms with Gasteiger partial charge in [-0.05, 0) is 24.3 Å². The van der Waals surface area contributed by atoms with Crippen LogP contribution in [0.5, 0.6) is 11.5 Å². The molecule has 0 unspecified atom stereocenters. The van der Waals surface area contributed by atoms with Gasteiger partial charge in [0.05, 0.1) is 25.3 Å². The fraction of sp³-hybridized carbons (Fsp3) is 0.261. The molecule has 1 saturated heterocycles. The van der Waals surface area contributed by atoms with E-state index >= 15 is 0 Å². The predicted molar refractivity (Wildman–Crippen MR) is 123 cm³/mol. The number of rotatable bonds is 4. The molecule has 0 atom stereocenters. The second kappa shape index (κ2) is 7.79. The lowest BCUT2D eigenvalue weighted by atomic mass is 10.2. The van der Waals surface area contributed by atoms with Crippen LogP contribution in [0.15, 0.2) is 48.5 Å². The van der Waals surface area contributed by atoms with Crippen molar-refractivity contribution >= 4 is 39.4 Å². The molecular weight excluding hydrogens is 392 g/mol. The topological polar surface area (TPSA) is 89.6 Å². The molecule has 1 aliphatic rings. The predicted octanol–water partition coefficient (Wildman–Crippen LogP) is 3.10. The molecule has 31 heavy (non-hydrogen) atoms. The monoisotopic (exact) mass is 416 g/mol. The first kappa shape index (κ1) is 19.2. The van der Waals surface area contributed by atoms with E-state index in [1.807, 2.05) is 30.3 Å². The second-order valence-corrected chi connectivity index (χ2v) is 7.47. The van der Waals surface area contributed by atoms with Crippen molar-refractivity contribution in [2.24, 2.45) is 0 Å². The lowest BCUT2D eigenvalue weighted by Crippen LogP contribution is -2.47. The summed E-state index contributed by atoms with van der Waals surface area (Å²) in [5, 5.41) is 1.90. The first-order chi connectivity index (χ1) is 15.2. The molecule has 4 aromatic rings. The van der Waals surface area contributed by atoms with Crippen molar-refractivity contribution in [2.45, 2.75) is 0 Å². The molecule has 0 amide bonds. The molecule has 8 heteroatoms. The summed E-state index contributed by atoms with van der Waals surface area (Å²) in [6.45, 7) is 3.23. The molecular formula is C23H24N6O2. The van der Waals surface area contributed by atoms with Gasteiger partial charge in [0.2, 0.25) is 5.95 Å². The van der Waals surface area contributed by atoms with Gasteiger partial charge in [0, 0.05) is 43.0 Å². The molecule has 0 radical (unpaired) electrons. The highest BCUT2D eigenvalue weighted by Crippen LogP contribution is 2.34. The van der Waals surface area contributed by atoms with E-state index in [2.05, 4.69) is 33.0 Å². The Labute approximate surface area is 180 Å². The van der Waals surface area contributed by atoms with Crippen molar-refractivity contribution in [3.8, 4) is 11.5 Å². The summed E-state index contributed by atoms with van der Waals surface area (Å²) >= 11 is 0. The number of ether oxygens (including phenoxy) is 2. The molecule has 0 spiro atoms. The minimum atomic E-state index is 0.430. The van der Waals surface area contributed by atoms with Gasteiger partial charge in [0.1, 0.15) is 11.6 Å². The van der Waals surface area contributed by atoms with Gasteiger partial charge in [0.15, 0.2) is 11.5 Å². The quantitative estimate of drug-likeness (QED) is 0.543. The van der Waals surface area contributed by atoms with Crippen molar-refractivity contribution in [3.05, 3.63) is 48.5 Å². The van der Waals surface area contributed by atoms with Crippen molar-refractivity contribution in [1.82, 2.24) is 15.0 Å². The molecule has 1 aliphatic heterocycles. The van der Waals surface area contributed by atoms with Gasteiger partial charge in [-0.3, -0.25) is 0 Å². The van der Waals surface area contributed by atoms with Crippen LogP contribution >= 0.6 is 0 Å². The van der Waals surface area contributed by atoms with E-state index in [-0.39, 0.29) is 0 Å². The van der Waals surface area contributed by atoms with Gasteiger partial charge in [0.25, 0.3) is 0 Å². The number of pyridine rings is 1. The van der Waals surface area contributed by atoms with E-state index in [1.54, 1.807) is 14.2 Å². The number of anilines is 3. The standard InChI is InChI=1S/C23H24N6O2/c1-30-19-13-16-18(14-20(19)31-2)26-23(27-22(16)24)29-11-9-28(10-12-29)21-8-7-15-5-3-4-6-17(15)25-21/h3-8,13-14H,9-12H2,1-2H3,(H2,24,26,27). The number of nitrogen functional groups attached to an aromatic ring is 1. The van der Waals surface area contributed by atoms with Crippen molar-refractivity contribution in [1.29, 1.82) is 0 Å². The smallest absolute Gasteiger partial charge is 0.228 e. The highest BCUT2D eigenvalue weighted by molar-refractivity contribution is 5.91. The molecule has 0 saturated carbocycles. The number of benzene rings is 2. The zero-order valence-electron chi connectivity index (χ0n) is 17.6. The van der Waals surface area contributed by atoms with Gasteiger partial charge < -0.3 is 25.0 Å². The Kier molecular flexibility index (Phi) is 4.82. The third-order valence-electron chi connectivity index (χ3n) is 5.69. The van der Waals surface area contributed by atoms with Gasteiger partial charge >= 0.3 is 0 Å². The zero-order chi connectivity index (χ0) is 21.4. The average Bonchev–Trinajstić information content (AvgIpc) is 2.83. The first-order valence-corrected chi connectivity index (χ1v) is 10.2. The Balaban J connectivity index is 1.38. The number of nitrogens with zero attached hydrogens (tertiary/aromatic N) is 5. The average molecular weight is 416 g/mol. The maximum atomic E-state index is 6.26. The molecule has 2 N–H and O–H groups in total. The number of methoxy groups -OCH3 is 2. The molecule has 8 nitrogen and oxygen atoms in total. The molecule has 1 fully saturated rings. The fourth-order valence-corrected chi connectivity index (χ4v) is 3.97. The van der Waals surface area contributed by atoms with E-state index in [0.29, 0.717) is 23.3 Å². The van der Waals surface area contributed by atoms with Crippen LogP contribution in [0.4, 0.5) is 17.6 Å². The fourth-order valence-electron chi connectivity index (χ4n) is 3.97. The molecule has 158 valence electrons. The van der Waals surface area contributed by atoms with E-state index in [0.717, 1.165) is 53.8 Å². The lowest BCUT2D eigenvalue weighted by molar-refractivity contribution is 0.356. The summed E-state index contributed by atoms with van der Waals surface area (Å²) in [5.74, 6) is 3.28. The maximum absolute atomic E-state index is 6.26. The number of para-hydroxylation sites is 1. The number of piperazine rings is 1. The summed E-state index contributed by atoms with van der Waals surface area (Å²) in [4.78, 5) is 18.6. The van der Waals surface area contributed by atoms with Crippen LogP contribution in [0.25, 0.3) is 21.8 Å². The number of nitrogens with two attached hydrogens (primary N) is 1. The Morgan fingerprint density at radius 1 is 0.774 bits per heavy atom. The summed E-state index contributed by atoms with van der Waals surface area (Å²) in [6, 6.07) is 16.0. The van der Waals surface area contributed by atoms with E-state index in [9.17, 15) is 0 Å². The molecule has 0 aliphatic carbocycles. The highest BCUT2D eigenvalue weighted by Gasteiger charge is 2.22. The number of hydrogen-bond donors (Lipinski definition) is 1. The van der Waals surface area contributed by atoms with Crippen LogP contribution in [0.2, 0.25) is 0 Å². The van der Waals surface area contributed by atoms with Crippen LogP contribution in [0, 0.1) is 0 Å². The van der Waals surface area contributed by atoms with Crippen molar-refractivity contribution in [3.63, 3.8) is 0 Å². The van der Waals surface area contributed by atoms with Crippen LogP contribution in [-0.4, -0.2) is 55.4 Å². The van der Waals surface area contributed by atoms with Gasteiger partial charge in [-0.15, -0.1) is 0 Å². The normalized spacial score (nSPS) is 14.3. The van der Waals surface area contributed by atoms with Gasteiger partial charge in [-0.25, -0.2) is 9.97 Å². The van der Waals surface area contributed by atoms with E-state index in [4.69, 9.17) is 25.2 Å². The van der Waals surface area contributed by atoms with Crippen LogP contribution in [0.3, 0.4) is 0 Å². The Hall–Kier alpha value is -3.81. The van der Waals surface area contributed by atoms with Crippen LogP contribution < -0.4 is 25.0 Å². The molecule has 2 aromatic heterocycles. The van der Waals surface area contributed by atoms with Gasteiger partial charge in [-0.2, -0.15) is 4.98 Å². The molecule has 5 rings (SSSR count). The molecule has 0 bridgehead atoms. The second-order valence-electron chi connectivity index (χ2n) is 7.47. The number of aromatic nitrogens is 3. The van der Waals surface area contributed by atoms with Crippen LogP contribution in [-0.2, 0) is 0 Å². The molecule has 3 heterocycles. The zero-order valence-corrected chi connectivity index (χ0v) is 17.6. The van der Waals surface area contributed by atoms with Gasteiger partial charge in [-0.1, -0.05) is 18.2 Å². The third kappa shape index (κ3) is 3.50. The summed E-state index contributed by atoms with van der Waals surface area (Å²) in [5.41, 5.74) is 8.00. The number of fused-ring (bicyclic) bond motifs is 2.